The van der Waals surface area contributed by atoms with Crippen molar-refractivity contribution in [2.45, 2.75) is 13.0 Å². The smallest absolute Gasteiger partial charge is 0.260 e. The third-order valence-corrected chi connectivity index (χ3v) is 3.93. The average molecular weight is 315 g/mol. The number of benzene rings is 2. The molecule has 23 heavy (non-hydrogen) atoms. The van der Waals surface area contributed by atoms with E-state index in [1.54, 1.807) is 6.92 Å². The minimum absolute atomic E-state index is 0.464. The van der Waals surface area contributed by atoms with Crippen molar-refractivity contribution >= 4 is 16.9 Å². The molecule has 0 spiro atoms. The number of nitrogens with zero attached hydrogens (tertiary/aromatic N) is 1. The van der Waals surface area contributed by atoms with E-state index >= 15 is 0 Å². The number of hydrogen-bond acceptors (Lipinski definition) is 2. The number of carbonyl (C=O) groups excluding carboxylic acids is 1. The Bertz CT molecular complexity index is 819. The number of hydrogen-bond donors (Lipinski definition) is 0. The van der Waals surface area contributed by atoms with E-state index in [1.165, 1.54) is 18.0 Å². The van der Waals surface area contributed by atoms with Gasteiger partial charge in [-0.2, -0.15) is 0 Å². The lowest BCUT2D eigenvalue weighted by Crippen LogP contribution is -2.30. The van der Waals surface area contributed by atoms with Crippen molar-refractivity contribution in [1.82, 2.24) is 4.90 Å². The van der Waals surface area contributed by atoms with Gasteiger partial charge in [0.25, 0.3) is 5.91 Å². The molecule has 118 valence electrons. The highest BCUT2D eigenvalue weighted by Crippen LogP contribution is 2.28. The molecule has 3 rings (SSSR count). The lowest BCUT2D eigenvalue weighted by molar-refractivity contribution is 0.0717. The van der Waals surface area contributed by atoms with Crippen LogP contribution in [0.25, 0.3) is 11.0 Å². The average Bonchev–Trinajstić information content (AvgIpc) is 2.97. The summed E-state index contributed by atoms with van der Waals surface area (Å²) in [5, 5.41) is 0.910. The number of halogens is 2. The largest absolute Gasteiger partial charge is 0.459 e. The maximum atomic E-state index is 13.8. The number of fused-ring (bicyclic) bond motifs is 1. The van der Waals surface area contributed by atoms with Gasteiger partial charge in [-0.05, 0) is 31.2 Å². The van der Waals surface area contributed by atoms with Crippen molar-refractivity contribution < 1.29 is 18.0 Å². The fraction of sp³-hybridized carbons (Fsp3) is 0.167. The fourth-order valence-corrected chi connectivity index (χ4v) is 2.45. The van der Waals surface area contributed by atoms with Crippen LogP contribution in [0.4, 0.5) is 8.78 Å². The molecular formula is C18H15F2NO2. The first-order valence-corrected chi connectivity index (χ1v) is 7.18. The Kier molecular flexibility index (Phi) is 3.86. The van der Waals surface area contributed by atoms with Gasteiger partial charge in [-0.15, -0.1) is 0 Å². The van der Waals surface area contributed by atoms with Crippen LogP contribution < -0.4 is 0 Å². The highest BCUT2D eigenvalue weighted by molar-refractivity contribution is 5.95. The van der Waals surface area contributed by atoms with Gasteiger partial charge in [-0.3, -0.25) is 4.79 Å². The molecule has 0 fully saturated rings. The predicted octanol–water partition coefficient (Wildman–Crippen LogP) is 4.54. The molecule has 3 aromatic rings. The van der Waals surface area contributed by atoms with Crippen LogP contribution in [0.2, 0.25) is 0 Å². The summed E-state index contributed by atoms with van der Waals surface area (Å²) in [5.74, 6) is -1.93. The Morgan fingerprint density at radius 3 is 2.39 bits per heavy atom. The summed E-state index contributed by atoms with van der Waals surface area (Å²) >= 11 is 0. The van der Waals surface area contributed by atoms with Crippen molar-refractivity contribution in [3.63, 3.8) is 0 Å². The molecule has 1 unspecified atom stereocenters. The molecule has 1 aromatic heterocycles. The maximum absolute atomic E-state index is 13.8. The molecule has 0 saturated heterocycles. The van der Waals surface area contributed by atoms with Gasteiger partial charge in [-0.1, -0.05) is 24.3 Å². The Morgan fingerprint density at radius 1 is 1.09 bits per heavy atom. The zero-order valence-electron chi connectivity index (χ0n) is 12.7. The second kappa shape index (κ2) is 5.83. The van der Waals surface area contributed by atoms with Crippen molar-refractivity contribution in [2.75, 3.05) is 7.05 Å². The van der Waals surface area contributed by atoms with Gasteiger partial charge in [0.05, 0.1) is 6.04 Å². The van der Waals surface area contributed by atoms with E-state index < -0.39 is 29.1 Å². The summed E-state index contributed by atoms with van der Waals surface area (Å²) in [6, 6.07) is 12.2. The number of furan rings is 1. The van der Waals surface area contributed by atoms with Gasteiger partial charge in [0, 0.05) is 12.4 Å². The normalized spacial score (nSPS) is 12.3. The van der Waals surface area contributed by atoms with Crippen molar-refractivity contribution in [1.29, 1.82) is 0 Å². The molecule has 1 heterocycles. The zero-order chi connectivity index (χ0) is 16.6. The van der Waals surface area contributed by atoms with Gasteiger partial charge in [0.1, 0.15) is 28.5 Å². The van der Waals surface area contributed by atoms with Crippen LogP contribution in [-0.2, 0) is 0 Å². The Balaban J connectivity index is 1.92. The topological polar surface area (TPSA) is 33.5 Å². The van der Waals surface area contributed by atoms with E-state index in [9.17, 15) is 13.6 Å². The van der Waals surface area contributed by atoms with Gasteiger partial charge >= 0.3 is 0 Å². The SMILES string of the molecule is CC(c1cc2ccccc2o1)N(C)C(=O)c1c(F)cccc1F. The molecule has 2 aromatic carbocycles. The lowest BCUT2D eigenvalue weighted by Gasteiger charge is -2.23. The molecule has 1 amide bonds. The van der Waals surface area contributed by atoms with Gasteiger partial charge in [0.15, 0.2) is 0 Å². The lowest BCUT2D eigenvalue weighted by atomic mass is 10.1. The summed E-state index contributed by atoms with van der Waals surface area (Å²) in [5.41, 5.74) is 0.144. The van der Waals surface area contributed by atoms with E-state index in [4.69, 9.17) is 4.42 Å². The molecule has 3 nitrogen and oxygen atoms in total. The van der Waals surface area contributed by atoms with E-state index in [0.29, 0.717) is 11.3 Å². The third-order valence-electron chi connectivity index (χ3n) is 3.93. The van der Waals surface area contributed by atoms with Crippen LogP contribution >= 0.6 is 0 Å². The van der Waals surface area contributed by atoms with E-state index in [0.717, 1.165) is 17.5 Å². The summed E-state index contributed by atoms with van der Waals surface area (Å²) in [6.45, 7) is 1.74. The molecule has 0 bridgehead atoms. The quantitative estimate of drug-likeness (QED) is 0.711. The minimum Gasteiger partial charge on any atom is -0.459 e. The van der Waals surface area contributed by atoms with Crippen LogP contribution in [0.15, 0.2) is 52.9 Å². The van der Waals surface area contributed by atoms with E-state index in [1.807, 2.05) is 30.3 Å². The number of amides is 1. The number of rotatable bonds is 3. The third kappa shape index (κ3) is 2.70. The van der Waals surface area contributed by atoms with Gasteiger partial charge < -0.3 is 9.32 Å². The second-order valence-electron chi connectivity index (χ2n) is 5.38. The first-order valence-electron chi connectivity index (χ1n) is 7.18. The highest BCUT2D eigenvalue weighted by Gasteiger charge is 2.26. The van der Waals surface area contributed by atoms with Gasteiger partial charge in [0.2, 0.25) is 0 Å². The Morgan fingerprint density at radius 2 is 1.74 bits per heavy atom. The van der Waals surface area contributed by atoms with Crippen LogP contribution in [0.1, 0.15) is 29.1 Å². The molecule has 0 aliphatic rings. The van der Waals surface area contributed by atoms with Crippen LogP contribution in [0.5, 0.6) is 0 Å². The molecule has 0 saturated carbocycles. The van der Waals surface area contributed by atoms with Crippen molar-refractivity contribution in [3.05, 3.63) is 71.5 Å². The summed E-state index contributed by atoms with van der Waals surface area (Å²) in [7, 11) is 1.49. The van der Waals surface area contributed by atoms with Crippen LogP contribution in [0.3, 0.4) is 0 Å². The standard InChI is InChI=1S/C18H15F2NO2/c1-11(16-10-12-6-3-4-9-15(12)23-16)21(2)18(22)17-13(19)7-5-8-14(17)20/h3-11H,1-2H3. The molecular weight excluding hydrogens is 300 g/mol. The van der Waals surface area contributed by atoms with Crippen LogP contribution in [0, 0.1) is 11.6 Å². The summed E-state index contributed by atoms with van der Waals surface area (Å²) < 4.78 is 33.3. The predicted molar refractivity (Wildman–Crippen MR) is 83.1 cm³/mol. The monoisotopic (exact) mass is 315 g/mol. The number of para-hydroxylation sites is 1. The van der Waals surface area contributed by atoms with Crippen molar-refractivity contribution in [3.8, 4) is 0 Å². The molecule has 0 aliphatic heterocycles. The fourth-order valence-electron chi connectivity index (χ4n) is 2.45. The molecule has 5 heteroatoms. The first-order chi connectivity index (χ1) is 11.0. The number of carbonyl (C=O) groups is 1. The van der Waals surface area contributed by atoms with Gasteiger partial charge in [-0.25, -0.2) is 8.78 Å². The highest BCUT2D eigenvalue weighted by atomic mass is 19.1. The summed E-state index contributed by atoms with van der Waals surface area (Å²) in [4.78, 5) is 13.7. The first kappa shape index (κ1) is 15.2. The van der Waals surface area contributed by atoms with Crippen molar-refractivity contribution in [2.24, 2.45) is 0 Å². The summed E-state index contributed by atoms with van der Waals surface area (Å²) in [6.07, 6.45) is 0. The minimum atomic E-state index is -0.876. The molecule has 0 radical (unpaired) electrons. The van der Waals surface area contributed by atoms with E-state index in [-0.39, 0.29) is 0 Å². The molecule has 0 aliphatic carbocycles. The Hall–Kier alpha value is -2.69. The van der Waals surface area contributed by atoms with E-state index in [2.05, 4.69) is 0 Å². The second-order valence-corrected chi connectivity index (χ2v) is 5.38. The molecule has 1 atom stereocenters. The Labute approximate surface area is 132 Å². The molecule has 0 N–H and O–H groups in total. The van der Waals surface area contributed by atoms with Crippen LogP contribution in [-0.4, -0.2) is 17.9 Å². The zero-order valence-corrected chi connectivity index (χ0v) is 12.7. The maximum Gasteiger partial charge on any atom is 0.260 e.